The molecule has 0 amide bonds. The number of hydrogen-bond acceptors (Lipinski definition) is 12. The number of benzene rings is 2. The molecule has 0 fully saturated rings. The van der Waals surface area contributed by atoms with Gasteiger partial charge in [-0.1, -0.05) is 31.6 Å². The van der Waals surface area contributed by atoms with Gasteiger partial charge in [0.25, 0.3) is 0 Å². The molecule has 0 bridgehead atoms. The number of rotatable bonds is 13. The minimum absolute atomic E-state index is 0.175. The lowest BCUT2D eigenvalue weighted by Gasteiger charge is -2.16. The average molecular weight is 647 g/mol. The third-order valence-corrected chi connectivity index (χ3v) is 8.97. The van der Waals surface area contributed by atoms with Crippen LogP contribution in [0.15, 0.2) is 64.3 Å². The van der Waals surface area contributed by atoms with E-state index < -0.39 is 17.9 Å². The zero-order valence-corrected chi connectivity index (χ0v) is 27.0. The van der Waals surface area contributed by atoms with Crippen molar-refractivity contribution in [2.45, 2.75) is 46.5 Å². The van der Waals surface area contributed by atoms with E-state index in [0.717, 1.165) is 36.3 Å². The Kier molecular flexibility index (Phi) is 10.7. The van der Waals surface area contributed by atoms with E-state index in [1.165, 1.54) is 64.3 Å². The van der Waals surface area contributed by atoms with E-state index in [2.05, 4.69) is 39.2 Å². The van der Waals surface area contributed by atoms with E-state index in [0.29, 0.717) is 39.9 Å². The quantitative estimate of drug-likeness (QED) is 0.0272. The lowest BCUT2D eigenvalue weighted by Crippen LogP contribution is -2.21. The summed E-state index contributed by atoms with van der Waals surface area (Å²) in [6, 6.07) is 13.9. The van der Waals surface area contributed by atoms with Crippen LogP contribution in [0.4, 0.5) is 16.5 Å². The fourth-order valence-corrected chi connectivity index (χ4v) is 6.62. The number of carbonyl (C=O) groups excluding carboxylic acids is 3. The Hall–Kier alpha value is -4.42. The van der Waals surface area contributed by atoms with Crippen LogP contribution in [0.2, 0.25) is 0 Å². The Morgan fingerprint density at radius 3 is 2.49 bits per heavy atom. The molecule has 234 valence electrons. The van der Waals surface area contributed by atoms with Gasteiger partial charge in [-0.25, -0.2) is 19.4 Å². The van der Waals surface area contributed by atoms with Crippen molar-refractivity contribution in [3.8, 4) is 5.75 Å². The van der Waals surface area contributed by atoms with E-state index in [1.807, 2.05) is 26.0 Å². The lowest BCUT2D eigenvalue weighted by atomic mass is 10.1. The second-order valence-electron chi connectivity index (χ2n) is 10.3. The Labute approximate surface area is 269 Å². The van der Waals surface area contributed by atoms with Gasteiger partial charge in [-0.2, -0.15) is 0 Å². The topological polar surface area (TPSA) is 120 Å². The van der Waals surface area contributed by atoms with Crippen LogP contribution in [0.25, 0.3) is 15.6 Å². The number of thiophene rings is 1. The predicted molar refractivity (Wildman–Crippen MR) is 176 cm³/mol. The monoisotopic (exact) mass is 646 g/mol. The molecule has 12 heteroatoms. The Morgan fingerprint density at radius 2 is 1.76 bits per heavy atom. The Balaban J connectivity index is 1.31. The molecule has 1 aliphatic heterocycles. The molecule has 0 unspecified atom stereocenters. The summed E-state index contributed by atoms with van der Waals surface area (Å²) in [5, 5.41) is 9.27. The van der Waals surface area contributed by atoms with Crippen LogP contribution in [0.3, 0.4) is 0 Å². The molecule has 45 heavy (non-hydrogen) atoms. The van der Waals surface area contributed by atoms with E-state index in [1.54, 1.807) is 0 Å². The number of azo groups is 1. The maximum Gasteiger partial charge on any atom is 0.351 e. The lowest BCUT2D eigenvalue weighted by molar-refractivity contribution is -0.143. The van der Waals surface area contributed by atoms with Crippen LogP contribution in [-0.2, 0) is 25.5 Å². The van der Waals surface area contributed by atoms with Crippen molar-refractivity contribution in [3.05, 3.63) is 70.1 Å². The summed E-state index contributed by atoms with van der Waals surface area (Å²) in [7, 11) is 0. The summed E-state index contributed by atoms with van der Waals surface area (Å²) in [6.45, 7) is 8.54. The zero-order chi connectivity index (χ0) is 31.8. The van der Waals surface area contributed by atoms with E-state index in [4.69, 9.17) is 14.2 Å². The summed E-state index contributed by atoms with van der Waals surface area (Å²) in [5.74, 6) is -1.93. The molecule has 4 aromatic rings. The molecule has 0 saturated heterocycles. The first-order valence-electron chi connectivity index (χ1n) is 15.0. The van der Waals surface area contributed by atoms with Gasteiger partial charge in [0.2, 0.25) is 5.13 Å². The molecule has 10 nitrogen and oxygen atoms in total. The average Bonchev–Trinajstić information content (AvgIpc) is 3.74. The van der Waals surface area contributed by atoms with Gasteiger partial charge in [0, 0.05) is 23.7 Å². The molecular weight excluding hydrogens is 613 g/mol. The highest BCUT2D eigenvalue weighted by Gasteiger charge is 2.24. The predicted octanol–water partition coefficient (Wildman–Crippen LogP) is 8.05. The van der Waals surface area contributed by atoms with E-state index in [9.17, 15) is 14.4 Å². The van der Waals surface area contributed by atoms with Crippen LogP contribution in [0, 0.1) is 0 Å². The van der Waals surface area contributed by atoms with Crippen molar-refractivity contribution in [2.24, 2.45) is 10.2 Å². The smallest absolute Gasteiger partial charge is 0.351 e. The number of ether oxygens (including phenoxy) is 3. The van der Waals surface area contributed by atoms with Crippen molar-refractivity contribution in [1.82, 2.24) is 4.98 Å². The number of likely N-dealkylation sites (N-methyl/N-ethyl adjacent to an activating group) is 1. The summed E-state index contributed by atoms with van der Waals surface area (Å²) < 4.78 is 16.8. The van der Waals surface area contributed by atoms with Crippen LogP contribution in [0.5, 0.6) is 5.75 Å². The van der Waals surface area contributed by atoms with Gasteiger partial charge in [-0.3, -0.25) is 0 Å². The van der Waals surface area contributed by atoms with Crippen LogP contribution in [-0.4, -0.2) is 49.2 Å². The first-order valence-corrected chi connectivity index (χ1v) is 16.6. The summed E-state index contributed by atoms with van der Waals surface area (Å²) in [6.07, 6.45) is 4.67. The molecule has 0 radical (unpaired) electrons. The van der Waals surface area contributed by atoms with Crippen molar-refractivity contribution in [1.29, 1.82) is 0 Å². The number of thiazole rings is 1. The molecule has 1 aliphatic rings. The molecule has 2 aromatic carbocycles. The molecule has 2 aromatic heterocycles. The summed E-state index contributed by atoms with van der Waals surface area (Å²) in [4.78, 5) is 46.5. The first-order chi connectivity index (χ1) is 21.9. The molecule has 0 spiro atoms. The fourth-order valence-electron chi connectivity index (χ4n) is 4.63. The largest absolute Gasteiger partial charge is 0.462 e. The fraction of sp³-hybridized carbons (Fsp3) is 0.333. The highest BCUT2D eigenvalue weighted by atomic mass is 32.1. The number of esters is 3. The number of nitrogens with zero attached hydrogens (tertiary/aromatic N) is 4. The van der Waals surface area contributed by atoms with Crippen LogP contribution < -0.4 is 9.64 Å². The molecule has 0 saturated carbocycles. The van der Waals surface area contributed by atoms with E-state index >= 15 is 0 Å². The maximum absolute atomic E-state index is 13.2. The van der Waals surface area contributed by atoms with Gasteiger partial charge >= 0.3 is 17.9 Å². The van der Waals surface area contributed by atoms with Gasteiger partial charge in [-0.05, 0) is 86.4 Å². The summed E-state index contributed by atoms with van der Waals surface area (Å²) >= 11 is 2.69. The van der Waals surface area contributed by atoms with Gasteiger partial charge < -0.3 is 19.1 Å². The third-order valence-electron chi connectivity index (χ3n) is 6.98. The second-order valence-corrected chi connectivity index (χ2v) is 12.3. The third kappa shape index (κ3) is 8.00. The molecule has 5 rings (SSSR count). The number of anilines is 1. The second kappa shape index (κ2) is 15.0. The molecule has 0 atom stereocenters. The number of fused-ring (bicyclic) bond motifs is 2. The Bertz CT molecular complexity index is 1710. The van der Waals surface area contributed by atoms with Crippen LogP contribution in [0.1, 0.15) is 60.8 Å². The van der Waals surface area contributed by atoms with Crippen molar-refractivity contribution in [2.75, 3.05) is 31.2 Å². The summed E-state index contributed by atoms with van der Waals surface area (Å²) in [5.41, 5.74) is 3.40. The van der Waals surface area contributed by atoms with Gasteiger partial charge in [0.15, 0.2) is 0 Å². The molecule has 3 heterocycles. The number of hydrogen-bond donors (Lipinski definition) is 0. The molecular formula is C33H34N4O6S2. The maximum atomic E-state index is 13.2. The SMILES string of the molecule is CCCCOC(=O)/C(=C\c1cc2sc(N=Nc3ccc4c(c3)CCN4CC)nc2s1)C(=O)Oc1ccc(C(=O)OCCC)cc1. The van der Waals surface area contributed by atoms with Crippen LogP contribution >= 0.6 is 22.7 Å². The van der Waals surface area contributed by atoms with Gasteiger partial charge in [0.1, 0.15) is 16.2 Å². The number of aromatic nitrogens is 1. The number of unbranched alkanes of at least 4 members (excludes halogenated alkanes) is 1. The highest BCUT2D eigenvalue weighted by molar-refractivity contribution is 7.29. The standard InChI is InChI=1S/C33H34N4O6S2/c1-4-7-17-42-31(39)26(32(40)43-24-11-8-21(9-12-24)30(38)41-16-5-2)19-25-20-28-29(44-25)34-33(45-28)36-35-23-10-13-27-22(18-23)14-15-37(27)6-3/h8-13,18-20H,4-7,14-17H2,1-3H3/b26-19+,36-35?. The molecule has 0 aliphatic carbocycles. The van der Waals surface area contributed by atoms with Gasteiger partial charge in [-0.15, -0.1) is 21.6 Å². The van der Waals surface area contributed by atoms with Gasteiger partial charge in [0.05, 0.1) is 29.2 Å². The minimum Gasteiger partial charge on any atom is -0.462 e. The van der Waals surface area contributed by atoms with E-state index in [-0.39, 0.29) is 17.9 Å². The van der Waals surface area contributed by atoms with Crippen molar-refractivity contribution < 1.29 is 28.6 Å². The first kappa shape index (κ1) is 32.0. The zero-order valence-electron chi connectivity index (χ0n) is 25.4. The Morgan fingerprint density at radius 1 is 0.933 bits per heavy atom. The molecule has 0 N–H and O–H groups in total. The highest BCUT2D eigenvalue weighted by Crippen LogP contribution is 2.37. The van der Waals surface area contributed by atoms with Crippen molar-refractivity contribution in [3.63, 3.8) is 0 Å². The normalized spacial score (nSPS) is 13.0. The minimum atomic E-state index is -0.867. The van der Waals surface area contributed by atoms with Crippen molar-refractivity contribution >= 4 is 72.7 Å². The number of carbonyl (C=O) groups is 3.